The topological polar surface area (TPSA) is 58.2 Å². The molecule has 2 fully saturated rings. The van der Waals surface area contributed by atoms with Crippen molar-refractivity contribution < 1.29 is 8.42 Å². The number of thioether (sulfide) groups is 1. The van der Waals surface area contributed by atoms with E-state index in [2.05, 4.69) is 16.3 Å². The molecule has 0 atom stereocenters. The largest absolute Gasteiger partial charge is 0.313 e. The highest BCUT2D eigenvalue weighted by molar-refractivity contribution is 8.00. The average Bonchev–Trinajstić information content (AvgIpc) is 3.22. The lowest BCUT2D eigenvalue weighted by Crippen LogP contribution is -2.43. The first-order valence-electron chi connectivity index (χ1n) is 7.31. The maximum Gasteiger partial charge on any atom is 0.212 e. The Bertz CT molecular complexity index is 374. The number of hydrogen-bond acceptors (Lipinski definition) is 4. The minimum atomic E-state index is -3.12. The Morgan fingerprint density at radius 1 is 1.21 bits per heavy atom. The van der Waals surface area contributed by atoms with E-state index in [1.165, 1.54) is 32.1 Å². The van der Waals surface area contributed by atoms with Crippen molar-refractivity contribution in [2.24, 2.45) is 0 Å². The molecule has 0 aromatic rings. The van der Waals surface area contributed by atoms with Crippen molar-refractivity contribution in [1.82, 2.24) is 10.0 Å². The highest BCUT2D eigenvalue weighted by Crippen LogP contribution is 2.38. The molecule has 0 aromatic heterocycles. The van der Waals surface area contributed by atoms with Gasteiger partial charge in [0.1, 0.15) is 0 Å². The summed E-state index contributed by atoms with van der Waals surface area (Å²) in [6.07, 6.45) is 10.5. The first kappa shape index (κ1) is 15.6. The second-order valence-corrected chi connectivity index (χ2v) is 9.02. The fourth-order valence-electron chi connectivity index (χ4n) is 2.65. The Kier molecular flexibility index (Phi) is 5.57. The van der Waals surface area contributed by atoms with Crippen LogP contribution >= 0.6 is 11.8 Å². The lowest BCUT2D eigenvalue weighted by molar-refractivity contribution is 0.395. The molecule has 0 spiro atoms. The van der Waals surface area contributed by atoms with E-state index in [0.717, 1.165) is 12.8 Å². The van der Waals surface area contributed by atoms with E-state index in [0.29, 0.717) is 19.1 Å². The van der Waals surface area contributed by atoms with Crippen molar-refractivity contribution >= 4 is 21.8 Å². The normalized spacial score (nSPS) is 23.4. The maximum atomic E-state index is 12.0. The van der Waals surface area contributed by atoms with Crippen LogP contribution < -0.4 is 10.0 Å². The molecule has 0 radical (unpaired) electrons. The second-order valence-electron chi connectivity index (χ2n) is 5.82. The summed E-state index contributed by atoms with van der Waals surface area (Å²) in [6, 6.07) is 0.575. The van der Waals surface area contributed by atoms with E-state index in [-0.39, 0.29) is 10.5 Å². The first-order valence-corrected chi connectivity index (χ1v) is 10.2. The minimum absolute atomic E-state index is 0.134. The molecular weight excluding hydrogens is 280 g/mol. The molecule has 0 bridgehead atoms. The Balaban J connectivity index is 1.74. The van der Waals surface area contributed by atoms with Crippen molar-refractivity contribution in [2.75, 3.05) is 25.1 Å². The molecular formula is C13H26N2O2S2. The summed E-state index contributed by atoms with van der Waals surface area (Å²) in [5, 5.41) is 3.25. The van der Waals surface area contributed by atoms with E-state index < -0.39 is 10.0 Å². The third-order valence-electron chi connectivity index (χ3n) is 4.19. The van der Waals surface area contributed by atoms with Crippen LogP contribution in [0.5, 0.6) is 0 Å². The molecule has 2 N–H and O–H groups in total. The highest BCUT2D eigenvalue weighted by Gasteiger charge is 2.32. The summed E-state index contributed by atoms with van der Waals surface area (Å²) in [7, 11) is -3.12. The number of sulfonamides is 1. The second kappa shape index (κ2) is 6.78. The molecule has 4 nitrogen and oxygen atoms in total. The molecule has 0 heterocycles. The van der Waals surface area contributed by atoms with Crippen LogP contribution in [0.2, 0.25) is 0 Å². The van der Waals surface area contributed by atoms with E-state index in [4.69, 9.17) is 0 Å². The fourth-order valence-corrected chi connectivity index (χ4v) is 4.68. The Hall–Kier alpha value is 0.220. The van der Waals surface area contributed by atoms with Crippen LogP contribution in [0, 0.1) is 0 Å². The molecule has 2 aliphatic carbocycles. The quantitative estimate of drug-likeness (QED) is 0.717. The third-order valence-corrected chi connectivity index (χ3v) is 6.94. The van der Waals surface area contributed by atoms with Crippen LogP contribution in [0.15, 0.2) is 0 Å². The van der Waals surface area contributed by atoms with Crippen molar-refractivity contribution in [2.45, 2.75) is 55.7 Å². The van der Waals surface area contributed by atoms with Gasteiger partial charge in [-0.05, 0) is 31.9 Å². The summed E-state index contributed by atoms with van der Waals surface area (Å²) in [4.78, 5) is 0. The van der Waals surface area contributed by atoms with Gasteiger partial charge in [-0.3, -0.25) is 0 Å². The molecule has 6 heteroatoms. The van der Waals surface area contributed by atoms with Crippen LogP contribution in [0.3, 0.4) is 0 Å². The van der Waals surface area contributed by atoms with Gasteiger partial charge in [0.05, 0.1) is 5.75 Å². The monoisotopic (exact) mass is 306 g/mol. The smallest absolute Gasteiger partial charge is 0.212 e. The molecule has 0 amide bonds. The molecule has 0 saturated heterocycles. The molecule has 2 aliphatic rings. The van der Waals surface area contributed by atoms with E-state index in [1.807, 2.05) is 11.8 Å². The maximum absolute atomic E-state index is 12.0. The first-order chi connectivity index (χ1) is 9.05. The number of rotatable bonds is 8. The van der Waals surface area contributed by atoms with Gasteiger partial charge in [0, 0.05) is 23.9 Å². The van der Waals surface area contributed by atoms with Crippen LogP contribution in [0.1, 0.15) is 44.9 Å². The molecule has 2 saturated carbocycles. The number of nitrogens with one attached hydrogen (secondary N) is 2. The third kappa shape index (κ3) is 5.25. The summed E-state index contributed by atoms with van der Waals surface area (Å²) < 4.78 is 26.9. The van der Waals surface area contributed by atoms with Gasteiger partial charge in [0.2, 0.25) is 10.0 Å². The summed E-state index contributed by atoms with van der Waals surface area (Å²) in [5.41, 5.74) is 0. The Morgan fingerprint density at radius 2 is 1.89 bits per heavy atom. The molecule has 0 aliphatic heterocycles. The summed E-state index contributed by atoms with van der Waals surface area (Å²) >= 11 is 1.83. The van der Waals surface area contributed by atoms with Gasteiger partial charge in [0.25, 0.3) is 0 Å². The van der Waals surface area contributed by atoms with Crippen molar-refractivity contribution in [3.63, 3.8) is 0 Å². The Labute approximate surface area is 121 Å². The predicted octanol–water partition coefficient (Wildman–Crippen LogP) is 1.72. The van der Waals surface area contributed by atoms with Gasteiger partial charge in [-0.15, -0.1) is 0 Å². The minimum Gasteiger partial charge on any atom is -0.313 e. The lowest BCUT2D eigenvalue weighted by atomic mass is 9.88. The van der Waals surface area contributed by atoms with Crippen LogP contribution in [-0.2, 0) is 10.0 Å². The SMILES string of the molecule is CSC1(CNS(=O)(=O)CCNC2CC2)CCCCC1. The van der Waals surface area contributed by atoms with Crippen LogP contribution in [0.25, 0.3) is 0 Å². The van der Waals surface area contributed by atoms with Crippen molar-refractivity contribution in [1.29, 1.82) is 0 Å². The van der Waals surface area contributed by atoms with Gasteiger partial charge in [-0.25, -0.2) is 13.1 Å². The summed E-state index contributed by atoms with van der Waals surface area (Å²) in [5.74, 6) is 0.202. The zero-order chi connectivity index (χ0) is 13.8. The number of hydrogen-bond donors (Lipinski definition) is 2. The molecule has 112 valence electrons. The van der Waals surface area contributed by atoms with E-state index >= 15 is 0 Å². The van der Waals surface area contributed by atoms with E-state index in [1.54, 1.807) is 0 Å². The average molecular weight is 306 g/mol. The molecule has 0 aromatic carbocycles. The molecule has 0 unspecified atom stereocenters. The van der Waals surface area contributed by atoms with Crippen molar-refractivity contribution in [3.8, 4) is 0 Å². The van der Waals surface area contributed by atoms with E-state index in [9.17, 15) is 8.42 Å². The van der Waals surface area contributed by atoms with Gasteiger partial charge in [0.15, 0.2) is 0 Å². The molecule has 19 heavy (non-hydrogen) atoms. The van der Waals surface area contributed by atoms with Crippen LogP contribution in [-0.4, -0.2) is 44.3 Å². The lowest BCUT2D eigenvalue weighted by Gasteiger charge is -2.35. The molecule has 2 rings (SSSR count). The van der Waals surface area contributed by atoms with Gasteiger partial charge >= 0.3 is 0 Å². The standard InChI is InChI=1S/C13H26N2O2S2/c1-18-13(7-3-2-4-8-13)11-15-19(16,17)10-9-14-12-5-6-12/h12,14-15H,2-11H2,1H3. The van der Waals surface area contributed by atoms with Crippen molar-refractivity contribution in [3.05, 3.63) is 0 Å². The van der Waals surface area contributed by atoms with Gasteiger partial charge < -0.3 is 5.32 Å². The zero-order valence-corrected chi connectivity index (χ0v) is 13.4. The van der Waals surface area contributed by atoms with Gasteiger partial charge in [-0.2, -0.15) is 11.8 Å². The highest BCUT2D eigenvalue weighted by atomic mass is 32.2. The summed E-state index contributed by atoms with van der Waals surface area (Å²) in [6.45, 7) is 1.17. The fraction of sp³-hybridized carbons (Fsp3) is 1.00. The predicted molar refractivity (Wildman–Crippen MR) is 82.1 cm³/mol. The Morgan fingerprint density at radius 3 is 2.47 bits per heavy atom. The van der Waals surface area contributed by atoms with Crippen LogP contribution in [0.4, 0.5) is 0 Å². The zero-order valence-electron chi connectivity index (χ0n) is 11.8. The van der Waals surface area contributed by atoms with Gasteiger partial charge in [-0.1, -0.05) is 19.3 Å².